The molecule has 0 spiro atoms. The third-order valence-corrected chi connectivity index (χ3v) is 7.75. The van der Waals surface area contributed by atoms with Crippen molar-refractivity contribution in [1.29, 1.82) is 0 Å². The lowest BCUT2D eigenvalue weighted by Gasteiger charge is -2.33. The van der Waals surface area contributed by atoms with E-state index >= 15 is 0 Å². The van der Waals surface area contributed by atoms with Crippen molar-refractivity contribution in [1.82, 2.24) is 19.2 Å². The molecule has 0 bridgehead atoms. The summed E-state index contributed by atoms with van der Waals surface area (Å²) in [5, 5.41) is 0. The third kappa shape index (κ3) is 3.23. The van der Waals surface area contributed by atoms with E-state index < -0.39 is 10.0 Å². The van der Waals surface area contributed by atoms with Crippen molar-refractivity contribution in [3.05, 3.63) is 59.4 Å². The van der Waals surface area contributed by atoms with E-state index in [2.05, 4.69) is 14.9 Å². The van der Waals surface area contributed by atoms with Gasteiger partial charge in [0, 0.05) is 26.2 Å². The molecule has 1 aliphatic heterocycles. The smallest absolute Gasteiger partial charge is 0.243 e. The molecule has 0 atom stereocenters. The average Bonchev–Trinajstić information content (AvgIpc) is 3.33. The van der Waals surface area contributed by atoms with Crippen LogP contribution >= 0.6 is 0 Å². The molecule has 5 rings (SSSR count). The molecule has 0 unspecified atom stereocenters. The first kappa shape index (κ1) is 17.8. The first-order valence-corrected chi connectivity index (χ1v) is 11.3. The molecule has 0 amide bonds. The van der Waals surface area contributed by atoms with Crippen LogP contribution in [0.25, 0.3) is 11.0 Å². The highest BCUT2D eigenvalue weighted by atomic mass is 32.2. The van der Waals surface area contributed by atoms with Gasteiger partial charge in [-0.25, -0.2) is 13.4 Å². The predicted octanol–water partition coefficient (Wildman–Crippen LogP) is 2.56. The summed E-state index contributed by atoms with van der Waals surface area (Å²) in [6.45, 7) is 3.16. The van der Waals surface area contributed by atoms with Crippen LogP contribution in [0, 0.1) is 0 Å². The monoisotopic (exact) mass is 396 g/mol. The summed E-state index contributed by atoms with van der Waals surface area (Å²) in [6.07, 6.45) is 3.18. The Bertz CT molecular complexity index is 1080. The van der Waals surface area contributed by atoms with Crippen LogP contribution in [0.5, 0.6) is 0 Å². The minimum absolute atomic E-state index is 0.443. The van der Waals surface area contributed by atoms with E-state index in [0.717, 1.165) is 36.1 Å². The van der Waals surface area contributed by atoms with Crippen molar-refractivity contribution in [3.8, 4) is 0 Å². The second-order valence-electron chi connectivity index (χ2n) is 7.66. The predicted molar refractivity (Wildman–Crippen MR) is 109 cm³/mol. The molecule has 28 heavy (non-hydrogen) atoms. The minimum Gasteiger partial charge on any atom is -0.341 e. The highest BCUT2D eigenvalue weighted by Crippen LogP contribution is 2.27. The molecule has 1 aliphatic carbocycles. The first-order valence-electron chi connectivity index (χ1n) is 9.87. The van der Waals surface area contributed by atoms with E-state index in [0.29, 0.717) is 37.6 Å². The minimum atomic E-state index is -3.42. The Morgan fingerprint density at radius 1 is 0.964 bits per heavy atom. The van der Waals surface area contributed by atoms with Gasteiger partial charge in [0.1, 0.15) is 5.82 Å². The molecule has 2 heterocycles. The number of nitrogens with zero attached hydrogens (tertiary/aromatic N) is 3. The summed E-state index contributed by atoms with van der Waals surface area (Å²) in [7, 11) is -3.42. The van der Waals surface area contributed by atoms with Gasteiger partial charge in [-0.05, 0) is 54.7 Å². The Labute approximate surface area is 165 Å². The van der Waals surface area contributed by atoms with E-state index in [1.54, 1.807) is 10.4 Å². The maximum atomic E-state index is 13.1. The van der Waals surface area contributed by atoms with Gasteiger partial charge in [-0.3, -0.25) is 4.90 Å². The molecule has 146 valence electrons. The van der Waals surface area contributed by atoms with Crippen LogP contribution in [0.4, 0.5) is 0 Å². The number of hydrogen-bond acceptors (Lipinski definition) is 4. The van der Waals surface area contributed by atoms with Crippen LogP contribution in [0.15, 0.2) is 47.4 Å². The average molecular weight is 397 g/mol. The quantitative estimate of drug-likeness (QED) is 0.736. The molecule has 0 saturated carbocycles. The van der Waals surface area contributed by atoms with Crippen LogP contribution in [0.2, 0.25) is 0 Å². The van der Waals surface area contributed by atoms with Gasteiger partial charge in [0.05, 0.1) is 22.5 Å². The molecule has 1 aromatic heterocycles. The summed E-state index contributed by atoms with van der Waals surface area (Å²) in [5.41, 5.74) is 4.50. The van der Waals surface area contributed by atoms with Crippen molar-refractivity contribution in [2.24, 2.45) is 0 Å². The van der Waals surface area contributed by atoms with Gasteiger partial charge in [0.25, 0.3) is 0 Å². The van der Waals surface area contributed by atoms with Crippen LogP contribution in [-0.4, -0.2) is 53.8 Å². The Morgan fingerprint density at radius 2 is 1.75 bits per heavy atom. The van der Waals surface area contributed by atoms with E-state index in [4.69, 9.17) is 0 Å². The van der Waals surface area contributed by atoms with Crippen LogP contribution in [0.1, 0.15) is 23.4 Å². The van der Waals surface area contributed by atoms with E-state index in [9.17, 15) is 8.42 Å². The van der Waals surface area contributed by atoms with Crippen molar-refractivity contribution in [3.63, 3.8) is 0 Å². The summed E-state index contributed by atoms with van der Waals surface area (Å²) in [5.74, 6) is 0.927. The van der Waals surface area contributed by atoms with E-state index in [1.165, 1.54) is 11.1 Å². The number of H-pyrrole nitrogens is 1. The molecule has 1 saturated heterocycles. The van der Waals surface area contributed by atoms with Gasteiger partial charge in [-0.2, -0.15) is 4.31 Å². The lowest BCUT2D eigenvalue weighted by Crippen LogP contribution is -2.48. The molecule has 6 nitrogen and oxygen atoms in total. The number of nitrogens with one attached hydrogen (secondary N) is 1. The Balaban J connectivity index is 1.26. The number of hydrogen-bond donors (Lipinski definition) is 1. The number of aryl methyl sites for hydroxylation is 2. The summed E-state index contributed by atoms with van der Waals surface area (Å²) >= 11 is 0. The molecule has 1 fully saturated rings. The molecule has 7 heteroatoms. The topological polar surface area (TPSA) is 69.3 Å². The Kier molecular flexibility index (Phi) is 4.45. The number of para-hydroxylation sites is 2. The fourth-order valence-corrected chi connectivity index (χ4v) is 5.75. The largest absolute Gasteiger partial charge is 0.341 e. The third-order valence-electron chi connectivity index (χ3n) is 5.85. The summed E-state index contributed by atoms with van der Waals surface area (Å²) in [6, 6.07) is 13.7. The summed E-state index contributed by atoms with van der Waals surface area (Å²) < 4.78 is 27.7. The number of piperazine rings is 1. The maximum Gasteiger partial charge on any atom is 0.243 e. The second kappa shape index (κ2) is 6.99. The van der Waals surface area contributed by atoms with E-state index in [-0.39, 0.29) is 0 Å². The fraction of sp³-hybridized carbons (Fsp3) is 0.381. The molecule has 2 aliphatic rings. The molecule has 0 radical (unpaired) electrons. The van der Waals surface area contributed by atoms with Crippen LogP contribution in [-0.2, 0) is 29.4 Å². The van der Waals surface area contributed by atoms with Crippen LogP contribution < -0.4 is 0 Å². The first-order chi connectivity index (χ1) is 13.6. The molecular formula is C21H24N4O2S. The van der Waals surface area contributed by atoms with Gasteiger partial charge >= 0.3 is 0 Å². The van der Waals surface area contributed by atoms with Crippen molar-refractivity contribution in [2.45, 2.75) is 30.7 Å². The number of aromatic nitrogens is 2. The fourth-order valence-electron chi connectivity index (χ4n) is 4.28. The standard InChI is InChI=1S/C21H24N4O2S/c26-28(27,18-9-8-16-4-3-5-17(16)14-18)25-12-10-24(11-13-25)15-21-22-19-6-1-2-7-20(19)23-21/h1-2,6-9,14H,3-5,10-13,15H2,(H,22,23). The van der Waals surface area contributed by atoms with Crippen molar-refractivity contribution >= 4 is 21.1 Å². The molecule has 3 aromatic rings. The highest BCUT2D eigenvalue weighted by molar-refractivity contribution is 7.89. The summed E-state index contributed by atoms with van der Waals surface area (Å²) in [4.78, 5) is 10.7. The lowest BCUT2D eigenvalue weighted by molar-refractivity contribution is 0.178. The van der Waals surface area contributed by atoms with Crippen molar-refractivity contribution in [2.75, 3.05) is 26.2 Å². The maximum absolute atomic E-state index is 13.1. The molecule has 1 N–H and O–H groups in total. The molecule has 2 aromatic carbocycles. The SMILES string of the molecule is O=S(=O)(c1ccc2c(c1)CCC2)N1CCN(Cc2nc3ccccc3[nH]2)CC1. The van der Waals surface area contributed by atoms with Crippen LogP contribution in [0.3, 0.4) is 0 Å². The zero-order valence-corrected chi connectivity index (χ0v) is 16.6. The number of rotatable bonds is 4. The van der Waals surface area contributed by atoms with Gasteiger partial charge in [0.2, 0.25) is 10.0 Å². The number of fused-ring (bicyclic) bond motifs is 2. The number of sulfonamides is 1. The van der Waals surface area contributed by atoms with Gasteiger partial charge in [-0.1, -0.05) is 18.2 Å². The molecular weight excluding hydrogens is 372 g/mol. The zero-order chi connectivity index (χ0) is 19.1. The van der Waals surface area contributed by atoms with E-state index in [1.807, 2.05) is 36.4 Å². The lowest BCUT2D eigenvalue weighted by atomic mass is 10.1. The highest BCUT2D eigenvalue weighted by Gasteiger charge is 2.29. The Morgan fingerprint density at radius 3 is 2.57 bits per heavy atom. The number of aromatic amines is 1. The van der Waals surface area contributed by atoms with Gasteiger partial charge in [-0.15, -0.1) is 0 Å². The van der Waals surface area contributed by atoms with Crippen molar-refractivity contribution < 1.29 is 8.42 Å². The zero-order valence-electron chi connectivity index (χ0n) is 15.8. The Hall–Kier alpha value is -2.22. The van der Waals surface area contributed by atoms with Gasteiger partial charge in [0.15, 0.2) is 0 Å². The second-order valence-corrected chi connectivity index (χ2v) is 9.60. The number of imidazole rings is 1. The normalized spacial score (nSPS) is 18.6. The van der Waals surface area contributed by atoms with Gasteiger partial charge < -0.3 is 4.98 Å². The number of benzene rings is 2.